The molecule has 1 saturated heterocycles. The number of hydrogen-bond donors (Lipinski definition) is 1. The van der Waals surface area contributed by atoms with Crippen LogP contribution in [0.15, 0.2) is 59.6 Å². The molecule has 1 fully saturated rings. The number of carboxylic acids is 1. The molecule has 3 aromatic rings. The lowest BCUT2D eigenvalue weighted by atomic mass is 9.84. The molecule has 0 aliphatic carbocycles. The summed E-state index contributed by atoms with van der Waals surface area (Å²) in [4.78, 5) is 45.3. The molecule has 2 atom stereocenters. The van der Waals surface area contributed by atoms with Crippen molar-refractivity contribution in [2.75, 3.05) is 19.3 Å². The number of aromatic nitrogens is 1. The van der Waals surface area contributed by atoms with Crippen molar-refractivity contribution in [1.29, 1.82) is 0 Å². The molecule has 1 aliphatic heterocycles. The standard InChI is InChI=1S/C32H36N2O6S/c1-19-13-22(14-20(2)29(19)40-32(4,5)30(36)37)15-24-17-34(31(38)39-25-10-7-21(3)33-16-25)18-27(24)28(35)23-8-11-26(41-6)12-9-23/h7-14,16,24,27H,15,17-18H2,1-6H3,(H,36,37)/t24-,27-/m0/s1. The van der Waals surface area contributed by atoms with Crippen LogP contribution >= 0.6 is 11.8 Å². The van der Waals surface area contributed by atoms with Gasteiger partial charge in [-0.05, 0) is 94.2 Å². The van der Waals surface area contributed by atoms with Crippen LogP contribution in [0.1, 0.15) is 46.6 Å². The van der Waals surface area contributed by atoms with Gasteiger partial charge in [0, 0.05) is 35.2 Å². The van der Waals surface area contributed by atoms with E-state index in [4.69, 9.17) is 9.47 Å². The van der Waals surface area contributed by atoms with Crippen molar-refractivity contribution < 1.29 is 29.0 Å². The van der Waals surface area contributed by atoms with Crippen LogP contribution in [0, 0.1) is 32.6 Å². The smallest absolute Gasteiger partial charge is 0.415 e. The first-order valence-corrected chi connectivity index (χ1v) is 14.7. The summed E-state index contributed by atoms with van der Waals surface area (Å²) in [7, 11) is 0. The van der Waals surface area contributed by atoms with Crippen molar-refractivity contribution in [2.24, 2.45) is 11.8 Å². The molecule has 0 spiro atoms. The molecule has 1 N–H and O–H groups in total. The third kappa shape index (κ3) is 7.08. The molecule has 1 amide bonds. The van der Waals surface area contributed by atoms with Crippen molar-refractivity contribution in [3.05, 3.63) is 82.7 Å². The Labute approximate surface area is 245 Å². The molecule has 1 aromatic heterocycles. The third-order valence-electron chi connectivity index (χ3n) is 7.39. The summed E-state index contributed by atoms with van der Waals surface area (Å²) in [6.45, 7) is 9.26. The van der Waals surface area contributed by atoms with E-state index in [0.717, 1.165) is 27.3 Å². The van der Waals surface area contributed by atoms with Gasteiger partial charge in [-0.1, -0.05) is 24.3 Å². The molecule has 0 radical (unpaired) electrons. The number of benzene rings is 2. The molecule has 2 heterocycles. The van der Waals surface area contributed by atoms with Crippen molar-refractivity contribution in [3.63, 3.8) is 0 Å². The molecule has 9 heteroatoms. The number of aryl methyl sites for hydroxylation is 3. The fourth-order valence-electron chi connectivity index (χ4n) is 5.09. The zero-order valence-corrected chi connectivity index (χ0v) is 25.1. The summed E-state index contributed by atoms with van der Waals surface area (Å²) in [6, 6.07) is 15.0. The summed E-state index contributed by atoms with van der Waals surface area (Å²) < 4.78 is 11.4. The minimum atomic E-state index is -1.38. The number of aliphatic carboxylic acids is 1. The highest BCUT2D eigenvalue weighted by atomic mass is 32.2. The van der Waals surface area contributed by atoms with Crippen molar-refractivity contribution >= 4 is 29.6 Å². The first-order chi connectivity index (χ1) is 19.4. The number of thioether (sulfide) groups is 1. The van der Waals surface area contributed by atoms with Gasteiger partial charge in [-0.3, -0.25) is 9.78 Å². The Morgan fingerprint density at radius 2 is 1.68 bits per heavy atom. The number of Topliss-reactive ketones (excluding diaryl/α,β-unsaturated/α-hetero) is 1. The second-order valence-electron chi connectivity index (χ2n) is 11.0. The molecular weight excluding hydrogens is 540 g/mol. The Morgan fingerprint density at radius 3 is 2.24 bits per heavy atom. The van der Waals surface area contributed by atoms with E-state index in [1.165, 1.54) is 20.0 Å². The Balaban J connectivity index is 1.59. The lowest BCUT2D eigenvalue weighted by Gasteiger charge is -2.25. The summed E-state index contributed by atoms with van der Waals surface area (Å²) in [6.07, 6.45) is 3.54. The molecule has 41 heavy (non-hydrogen) atoms. The van der Waals surface area contributed by atoms with Crippen molar-refractivity contribution in [3.8, 4) is 11.5 Å². The van der Waals surface area contributed by atoms with Gasteiger partial charge in [0.15, 0.2) is 17.1 Å². The minimum absolute atomic E-state index is 0.00781. The number of carbonyl (C=O) groups excluding carboxylic acids is 2. The van der Waals surface area contributed by atoms with E-state index in [0.29, 0.717) is 30.0 Å². The number of carbonyl (C=O) groups is 3. The number of amides is 1. The number of ketones is 1. The van der Waals surface area contributed by atoms with Gasteiger partial charge >= 0.3 is 12.1 Å². The van der Waals surface area contributed by atoms with Crippen LogP contribution in [-0.4, -0.2) is 57.8 Å². The fourth-order valence-corrected chi connectivity index (χ4v) is 5.50. The topological polar surface area (TPSA) is 106 Å². The highest BCUT2D eigenvalue weighted by Crippen LogP contribution is 2.34. The van der Waals surface area contributed by atoms with E-state index < -0.39 is 23.6 Å². The average Bonchev–Trinajstić information content (AvgIpc) is 3.35. The normalized spacial score (nSPS) is 16.9. The van der Waals surface area contributed by atoms with Crippen LogP contribution in [0.3, 0.4) is 0 Å². The zero-order chi connectivity index (χ0) is 29.9. The van der Waals surface area contributed by atoms with Crippen LogP contribution in [0.5, 0.6) is 11.5 Å². The van der Waals surface area contributed by atoms with Crippen LogP contribution in [0.25, 0.3) is 0 Å². The van der Waals surface area contributed by atoms with E-state index >= 15 is 0 Å². The van der Waals surface area contributed by atoms with E-state index in [2.05, 4.69) is 4.98 Å². The lowest BCUT2D eigenvalue weighted by molar-refractivity contribution is -0.152. The van der Waals surface area contributed by atoms with Crippen LogP contribution in [-0.2, 0) is 11.2 Å². The zero-order valence-electron chi connectivity index (χ0n) is 24.3. The van der Waals surface area contributed by atoms with E-state index in [9.17, 15) is 19.5 Å². The summed E-state index contributed by atoms with van der Waals surface area (Å²) in [5, 5.41) is 9.50. The molecule has 2 aromatic carbocycles. The monoisotopic (exact) mass is 576 g/mol. The lowest BCUT2D eigenvalue weighted by Crippen LogP contribution is -2.38. The molecule has 4 rings (SSSR count). The number of ether oxygens (including phenoxy) is 2. The van der Waals surface area contributed by atoms with Gasteiger partial charge in [0.25, 0.3) is 0 Å². The van der Waals surface area contributed by atoms with Gasteiger partial charge in [0.05, 0.1) is 6.20 Å². The third-order valence-corrected chi connectivity index (χ3v) is 8.13. The van der Waals surface area contributed by atoms with Gasteiger partial charge in [0.1, 0.15) is 5.75 Å². The Bertz CT molecular complexity index is 1410. The van der Waals surface area contributed by atoms with E-state index in [-0.39, 0.29) is 18.2 Å². The second kappa shape index (κ2) is 12.3. The Kier molecular flexibility index (Phi) is 9.07. The van der Waals surface area contributed by atoms with Gasteiger partial charge in [-0.15, -0.1) is 11.8 Å². The number of pyridine rings is 1. The highest BCUT2D eigenvalue weighted by molar-refractivity contribution is 7.98. The average molecular weight is 577 g/mol. The molecular formula is C32H36N2O6S. The molecule has 8 nitrogen and oxygen atoms in total. The number of nitrogens with zero attached hydrogens (tertiary/aromatic N) is 2. The summed E-state index contributed by atoms with van der Waals surface area (Å²) in [5.41, 5.74) is 2.66. The Hall–Kier alpha value is -3.85. The van der Waals surface area contributed by atoms with Crippen LogP contribution in [0.4, 0.5) is 4.79 Å². The first kappa shape index (κ1) is 30.1. The number of rotatable bonds is 9. The highest BCUT2D eigenvalue weighted by Gasteiger charge is 2.41. The van der Waals surface area contributed by atoms with Crippen LogP contribution < -0.4 is 9.47 Å². The SMILES string of the molecule is CSc1ccc(C(=O)[C@H]2CN(C(=O)Oc3ccc(C)nc3)C[C@@H]2Cc2cc(C)c(OC(C)(C)C(=O)O)c(C)c2)cc1. The maximum absolute atomic E-state index is 13.7. The number of hydrogen-bond acceptors (Lipinski definition) is 7. The minimum Gasteiger partial charge on any atom is -0.478 e. The van der Waals surface area contributed by atoms with Gasteiger partial charge in [0.2, 0.25) is 0 Å². The van der Waals surface area contributed by atoms with Gasteiger partial charge < -0.3 is 19.5 Å². The predicted octanol–water partition coefficient (Wildman–Crippen LogP) is 6.14. The predicted molar refractivity (Wildman–Crippen MR) is 158 cm³/mol. The van der Waals surface area contributed by atoms with Gasteiger partial charge in [-0.25, -0.2) is 9.59 Å². The number of likely N-dealkylation sites (tertiary alicyclic amines) is 1. The quantitative estimate of drug-likeness (QED) is 0.239. The first-order valence-electron chi connectivity index (χ1n) is 13.5. The van der Waals surface area contributed by atoms with Crippen molar-refractivity contribution in [2.45, 2.75) is 51.5 Å². The largest absolute Gasteiger partial charge is 0.478 e. The van der Waals surface area contributed by atoms with Crippen molar-refractivity contribution in [1.82, 2.24) is 9.88 Å². The molecule has 0 bridgehead atoms. The molecule has 0 saturated carbocycles. The number of carboxylic acid groups (broad SMARTS) is 1. The Morgan fingerprint density at radius 1 is 1.02 bits per heavy atom. The second-order valence-corrected chi connectivity index (χ2v) is 11.9. The summed E-state index contributed by atoms with van der Waals surface area (Å²) >= 11 is 1.61. The maximum atomic E-state index is 13.7. The molecule has 0 unspecified atom stereocenters. The van der Waals surface area contributed by atoms with Crippen LogP contribution in [0.2, 0.25) is 0 Å². The maximum Gasteiger partial charge on any atom is 0.415 e. The molecule has 216 valence electrons. The molecule has 1 aliphatic rings. The van der Waals surface area contributed by atoms with Gasteiger partial charge in [-0.2, -0.15) is 0 Å². The van der Waals surface area contributed by atoms with E-state index in [1.54, 1.807) is 28.8 Å². The summed E-state index contributed by atoms with van der Waals surface area (Å²) in [5.74, 6) is -0.733. The fraction of sp³-hybridized carbons (Fsp3) is 0.375. The van der Waals surface area contributed by atoms with E-state index in [1.807, 2.05) is 63.4 Å².